The van der Waals surface area contributed by atoms with Crippen LogP contribution in [0.1, 0.15) is 24.0 Å². The van der Waals surface area contributed by atoms with E-state index in [4.69, 9.17) is 12.2 Å². The molecule has 0 spiro atoms. The second-order valence-electron chi connectivity index (χ2n) is 6.64. The number of anilines is 1. The molecular weight excluding hydrogens is 616 g/mol. The van der Waals surface area contributed by atoms with Crippen molar-refractivity contribution in [3.05, 3.63) is 65.8 Å². The highest BCUT2D eigenvalue weighted by atomic mass is 79.9. The Labute approximate surface area is 210 Å². The molecule has 1 aliphatic rings. The highest BCUT2D eigenvalue weighted by Gasteiger charge is 2.31. The van der Waals surface area contributed by atoms with Gasteiger partial charge < -0.3 is 5.32 Å². The van der Waals surface area contributed by atoms with E-state index in [9.17, 15) is 9.59 Å². The van der Waals surface area contributed by atoms with Crippen LogP contribution in [0.3, 0.4) is 0 Å². The number of thiocarbonyl (C=S) groups is 1. The number of halogens is 3. The maximum atomic E-state index is 12.7. The first kappa shape index (κ1) is 23.7. The first-order valence-electron chi connectivity index (χ1n) is 9.01. The zero-order valence-corrected chi connectivity index (χ0v) is 22.3. The smallest absolute Gasteiger partial charge is 0.266 e. The number of rotatable bonds is 6. The highest BCUT2D eigenvalue weighted by Crippen LogP contribution is 2.35. The maximum Gasteiger partial charge on any atom is 0.266 e. The van der Waals surface area contributed by atoms with E-state index < -0.39 is 0 Å². The molecule has 0 aliphatic carbocycles. The van der Waals surface area contributed by atoms with E-state index in [2.05, 4.69) is 53.1 Å². The molecule has 2 aromatic carbocycles. The molecule has 9 heteroatoms. The zero-order chi connectivity index (χ0) is 21.8. The average Bonchev–Trinajstić information content (AvgIpc) is 2.94. The minimum Gasteiger partial charge on any atom is -0.324 e. The number of carbonyl (C=O) groups is 2. The van der Waals surface area contributed by atoms with Crippen molar-refractivity contribution in [2.75, 3.05) is 11.9 Å². The third kappa shape index (κ3) is 6.03. The van der Waals surface area contributed by atoms with Crippen LogP contribution in [-0.4, -0.2) is 27.6 Å². The Morgan fingerprint density at radius 1 is 1.17 bits per heavy atom. The lowest BCUT2D eigenvalue weighted by atomic mass is 10.1. The number of hydrogen-bond acceptors (Lipinski definition) is 4. The molecule has 3 rings (SSSR count). The minimum absolute atomic E-state index is 0.107. The quantitative estimate of drug-likeness (QED) is 0.278. The molecule has 30 heavy (non-hydrogen) atoms. The molecule has 2 amide bonds. The van der Waals surface area contributed by atoms with Gasteiger partial charge in [-0.05, 0) is 69.0 Å². The molecule has 0 radical (unpaired) electrons. The minimum atomic E-state index is -0.126. The van der Waals surface area contributed by atoms with E-state index in [-0.39, 0.29) is 18.2 Å². The Kier molecular flexibility index (Phi) is 8.31. The van der Waals surface area contributed by atoms with Crippen molar-refractivity contribution in [3.63, 3.8) is 0 Å². The van der Waals surface area contributed by atoms with E-state index in [1.807, 2.05) is 49.4 Å². The summed E-state index contributed by atoms with van der Waals surface area (Å²) < 4.78 is 2.97. The van der Waals surface area contributed by atoms with E-state index in [1.165, 1.54) is 17.3 Å². The van der Waals surface area contributed by atoms with Gasteiger partial charge in [0.15, 0.2) is 0 Å². The summed E-state index contributed by atoms with van der Waals surface area (Å²) in [6.45, 7) is 2.43. The van der Waals surface area contributed by atoms with Crippen LogP contribution in [0, 0.1) is 6.92 Å². The molecule has 1 aliphatic heterocycles. The molecule has 156 valence electrons. The van der Waals surface area contributed by atoms with E-state index in [1.54, 1.807) is 4.90 Å². The molecule has 1 heterocycles. The van der Waals surface area contributed by atoms with Gasteiger partial charge >= 0.3 is 0 Å². The van der Waals surface area contributed by atoms with Crippen LogP contribution in [-0.2, 0) is 9.59 Å². The second kappa shape index (κ2) is 10.5. The molecular formula is C21H17Br3N2O2S2. The summed E-state index contributed by atoms with van der Waals surface area (Å²) >= 11 is 17.0. The number of carbonyl (C=O) groups excluding carboxylic acids is 2. The third-order valence-corrected chi connectivity index (χ3v) is 7.39. The molecule has 0 aromatic heterocycles. The van der Waals surface area contributed by atoms with Crippen molar-refractivity contribution in [2.45, 2.75) is 19.8 Å². The fourth-order valence-electron chi connectivity index (χ4n) is 2.77. The van der Waals surface area contributed by atoms with Crippen LogP contribution < -0.4 is 5.32 Å². The van der Waals surface area contributed by atoms with Crippen LogP contribution in [0.25, 0.3) is 6.08 Å². The van der Waals surface area contributed by atoms with Crippen molar-refractivity contribution < 1.29 is 9.59 Å². The number of thioether (sulfide) groups is 1. The summed E-state index contributed by atoms with van der Waals surface area (Å²) in [5.41, 5.74) is 2.81. The third-order valence-electron chi connectivity index (χ3n) is 4.31. The predicted octanol–water partition coefficient (Wildman–Crippen LogP) is 6.90. The average molecular weight is 633 g/mol. The van der Waals surface area contributed by atoms with Crippen LogP contribution in [0.4, 0.5) is 5.69 Å². The number of aryl methyl sites for hydroxylation is 1. The van der Waals surface area contributed by atoms with Crippen molar-refractivity contribution >= 4 is 99.7 Å². The van der Waals surface area contributed by atoms with Crippen molar-refractivity contribution in [1.29, 1.82) is 0 Å². The molecule has 2 aromatic rings. The van der Waals surface area contributed by atoms with Crippen molar-refractivity contribution in [3.8, 4) is 0 Å². The largest absolute Gasteiger partial charge is 0.324 e. The van der Waals surface area contributed by atoms with E-state index >= 15 is 0 Å². The lowest BCUT2D eigenvalue weighted by molar-refractivity contribution is -0.122. The summed E-state index contributed by atoms with van der Waals surface area (Å²) in [7, 11) is 0. The van der Waals surface area contributed by atoms with Gasteiger partial charge in [0.1, 0.15) is 4.32 Å². The fraction of sp³-hybridized carbons (Fsp3) is 0.190. The monoisotopic (exact) mass is 630 g/mol. The maximum absolute atomic E-state index is 12.7. The molecule has 1 N–H and O–H groups in total. The van der Waals surface area contributed by atoms with Gasteiger partial charge in [-0.2, -0.15) is 0 Å². The van der Waals surface area contributed by atoms with Gasteiger partial charge in [0.25, 0.3) is 5.91 Å². The van der Waals surface area contributed by atoms with Crippen LogP contribution in [0.2, 0.25) is 0 Å². The molecule has 1 fully saturated rings. The number of nitrogens with one attached hydrogen (secondary N) is 1. The fourth-order valence-corrected chi connectivity index (χ4v) is 6.53. The van der Waals surface area contributed by atoms with Crippen LogP contribution in [0.5, 0.6) is 0 Å². The number of benzene rings is 2. The predicted molar refractivity (Wildman–Crippen MR) is 138 cm³/mol. The van der Waals surface area contributed by atoms with Crippen molar-refractivity contribution in [2.24, 2.45) is 0 Å². The van der Waals surface area contributed by atoms with E-state index in [0.29, 0.717) is 27.9 Å². The summed E-state index contributed by atoms with van der Waals surface area (Å²) in [5, 5.41) is 2.89. The van der Waals surface area contributed by atoms with Crippen LogP contribution >= 0.6 is 71.8 Å². The van der Waals surface area contributed by atoms with Gasteiger partial charge in [-0.25, -0.2) is 0 Å². The molecule has 0 bridgehead atoms. The molecule has 4 nitrogen and oxygen atoms in total. The highest BCUT2D eigenvalue weighted by molar-refractivity contribution is 9.11. The second-order valence-corrected chi connectivity index (χ2v) is 10.9. The van der Waals surface area contributed by atoms with Gasteiger partial charge in [-0.1, -0.05) is 69.7 Å². The summed E-state index contributed by atoms with van der Waals surface area (Å²) in [6.07, 6.45) is 2.65. The van der Waals surface area contributed by atoms with Gasteiger partial charge in [0.2, 0.25) is 5.91 Å². The SMILES string of the molecule is Cc1ccc(/C=C2\SC(=S)N(CCCC(=O)Nc3c(Br)cc(Br)cc3Br)C2=O)cc1. The standard InChI is InChI=1S/C21H17Br3N2O2S2/c1-12-4-6-13(7-5-12)9-17-20(28)26(21(29)30-17)8-2-3-18(27)25-19-15(23)10-14(22)11-16(19)24/h4-7,9-11H,2-3,8H2,1H3,(H,25,27)/b17-9-. The molecule has 1 saturated heterocycles. The van der Waals surface area contributed by atoms with Gasteiger partial charge in [-0.3, -0.25) is 14.5 Å². The zero-order valence-electron chi connectivity index (χ0n) is 15.9. The lowest BCUT2D eigenvalue weighted by Crippen LogP contribution is -2.29. The Morgan fingerprint density at radius 3 is 2.43 bits per heavy atom. The topological polar surface area (TPSA) is 49.4 Å². The lowest BCUT2D eigenvalue weighted by Gasteiger charge is -2.14. The van der Waals surface area contributed by atoms with Gasteiger partial charge in [0, 0.05) is 26.4 Å². The van der Waals surface area contributed by atoms with Crippen molar-refractivity contribution in [1.82, 2.24) is 4.90 Å². The summed E-state index contributed by atoms with van der Waals surface area (Å²) in [4.78, 5) is 27.2. The molecule has 0 unspecified atom stereocenters. The number of amides is 2. The van der Waals surface area contributed by atoms with Gasteiger partial charge in [0.05, 0.1) is 10.6 Å². The normalized spacial score (nSPS) is 15.2. The molecule has 0 saturated carbocycles. The number of hydrogen-bond donors (Lipinski definition) is 1. The Morgan fingerprint density at radius 2 is 1.80 bits per heavy atom. The van der Waals surface area contributed by atoms with Crippen LogP contribution in [0.15, 0.2) is 54.7 Å². The number of nitrogens with zero attached hydrogens (tertiary/aromatic N) is 1. The van der Waals surface area contributed by atoms with E-state index in [0.717, 1.165) is 19.0 Å². The molecule has 0 atom stereocenters. The first-order valence-corrected chi connectivity index (χ1v) is 12.6. The Balaban J connectivity index is 1.56. The summed E-state index contributed by atoms with van der Waals surface area (Å²) in [6, 6.07) is 11.7. The van der Waals surface area contributed by atoms with Gasteiger partial charge in [-0.15, -0.1) is 0 Å². The first-order chi connectivity index (χ1) is 14.2. The Hall–Kier alpha value is -1.00. The Bertz CT molecular complexity index is 1020. The summed E-state index contributed by atoms with van der Waals surface area (Å²) in [5.74, 6) is -0.233.